The van der Waals surface area contributed by atoms with Crippen molar-refractivity contribution in [3.05, 3.63) is 23.4 Å². The molecule has 0 bridgehead atoms. The maximum Gasteiger partial charge on any atom is 0.146 e. The first-order valence-electron chi connectivity index (χ1n) is 7.51. The molecule has 4 nitrogen and oxygen atoms in total. The van der Waals surface area contributed by atoms with Gasteiger partial charge in [-0.2, -0.15) is 5.26 Å². The van der Waals surface area contributed by atoms with Gasteiger partial charge in [0.25, 0.3) is 0 Å². The Morgan fingerprint density at radius 2 is 1.80 bits per heavy atom. The topological polar surface area (TPSA) is 43.2 Å². The van der Waals surface area contributed by atoms with E-state index in [0.29, 0.717) is 5.56 Å². The van der Waals surface area contributed by atoms with E-state index in [1.807, 2.05) is 19.1 Å². The molecule has 0 aromatic carbocycles. The molecule has 0 radical (unpaired) electrons. The van der Waals surface area contributed by atoms with Crippen LogP contribution in [0.2, 0.25) is 0 Å². The van der Waals surface area contributed by atoms with E-state index in [2.05, 4.69) is 41.6 Å². The summed E-state index contributed by atoms with van der Waals surface area (Å²) in [4.78, 5) is 9.17. The van der Waals surface area contributed by atoms with Crippen LogP contribution in [-0.2, 0) is 0 Å². The second-order valence-electron chi connectivity index (χ2n) is 4.90. The molecule has 0 spiro atoms. The molecule has 20 heavy (non-hydrogen) atoms. The fourth-order valence-corrected chi connectivity index (χ4v) is 2.31. The molecule has 1 rings (SSSR count). The van der Waals surface area contributed by atoms with Crippen molar-refractivity contribution < 1.29 is 0 Å². The van der Waals surface area contributed by atoms with Crippen molar-refractivity contribution in [3.8, 4) is 6.07 Å². The van der Waals surface area contributed by atoms with Gasteiger partial charge in [0.15, 0.2) is 0 Å². The molecule has 1 aromatic rings. The van der Waals surface area contributed by atoms with Gasteiger partial charge < -0.3 is 9.80 Å². The second-order valence-corrected chi connectivity index (χ2v) is 4.90. The van der Waals surface area contributed by atoms with Gasteiger partial charge in [-0.1, -0.05) is 13.8 Å². The van der Waals surface area contributed by atoms with Crippen LogP contribution in [0.5, 0.6) is 0 Å². The zero-order valence-corrected chi connectivity index (χ0v) is 13.2. The van der Waals surface area contributed by atoms with Crippen molar-refractivity contribution in [2.45, 2.75) is 34.1 Å². The predicted octanol–water partition coefficient (Wildman–Crippen LogP) is 2.82. The summed E-state index contributed by atoms with van der Waals surface area (Å²) in [6.45, 7) is 13.6. The van der Waals surface area contributed by atoms with Crippen LogP contribution in [0.3, 0.4) is 0 Å². The zero-order valence-electron chi connectivity index (χ0n) is 13.2. The third kappa shape index (κ3) is 4.50. The van der Waals surface area contributed by atoms with E-state index in [1.165, 1.54) is 0 Å². The first-order valence-corrected chi connectivity index (χ1v) is 7.51. The maximum atomic E-state index is 9.22. The minimum absolute atomic E-state index is 0.667. The van der Waals surface area contributed by atoms with E-state index in [9.17, 15) is 5.26 Å². The quantitative estimate of drug-likeness (QED) is 0.731. The largest absolute Gasteiger partial charge is 0.356 e. The minimum atomic E-state index is 0.667. The molecule has 0 N–H and O–H groups in total. The number of aryl methyl sites for hydroxylation is 1. The first kappa shape index (κ1) is 16.5. The molecule has 0 aliphatic heterocycles. The Hall–Kier alpha value is -1.60. The fourth-order valence-electron chi connectivity index (χ4n) is 2.31. The number of anilines is 1. The van der Waals surface area contributed by atoms with Crippen molar-refractivity contribution >= 4 is 5.82 Å². The number of aromatic nitrogens is 1. The van der Waals surface area contributed by atoms with Gasteiger partial charge >= 0.3 is 0 Å². The highest BCUT2D eigenvalue weighted by Crippen LogP contribution is 2.18. The Balaban J connectivity index is 2.71. The van der Waals surface area contributed by atoms with Crippen LogP contribution in [0, 0.1) is 18.3 Å². The van der Waals surface area contributed by atoms with Crippen LogP contribution in [-0.4, -0.2) is 42.6 Å². The number of pyridine rings is 1. The SMILES string of the molecule is CCN(CC)CCCN(CC)c1nc(C)ccc1C#N. The Morgan fingerprint density at radius 1 is 1.10 bits per heavy atom. The number of hydrogen-bond acceptors (Lipinski definition) is 4. The Kier molecular flexibility index (Phi) is 7.03. The van der Waals surface area contributed by atoms with E-state index >= 15 is 0 Å². The van der Waals surface area contributed by atoms with E-state index in [0.717, 1.165) is 50.7 Å². The van der Waals surface area contributed by atoms with Crippen LogP contribution < -0.4 is 4.90 Å². The highest BCUT2D eigenvalue weighted by molar-refractivity contribution is 5.54. The molecule has 0 aliphatic rings. The summed E-state index contributed by atoms with van der Waals surface area (Å²) in [5.41, 5.74) is 1.63. The van der Waals surface area contributed by atoms with Gasteiger partial charge in [-0.15, -0.1) is 0 Å². The Morgan fingerprint density at radius 3 is 2.35 bits per heavy atom. The lowest BCUT2D eigenvalue weighted by Gasteiger charge is -2.25. The fraction of sp³-hybridized carbons (Fsp3) is 0.625. The van der Waals surface area contributed by atoms with Crippen molar-refractivity contribution in [1.82, 2.24) is 9.88 Å². The summed E-state index contributed by atoms with van der Waals surface area (Å²) in [5, 5.41) is 9.22. The number of hydrogen-bond donors (Lipinski definition) is 0. The number of nitriles is 1. The van der Waals surface area contributed by atoms with Crippen LogP contribution in [0.1, 0.15) is 38.4 Å². The third-order valence-electron chi connectivity index (χ3n) is 3.61. The van der Waals surface area contributed by atoms with Crippen molar-refractivity contribution in [1.29, 1.82) is 5.26 Å². The van der Waals surface area contributed by atoms with E-state index in [4.69, 9.17) is 0 Å². The summed E-state index contributed by atoms with van der Waals surface area (Å²) < 4.78 is 0. The molecule has 0 fully saturated rings. The molecular weight excluding hydrogens is 248 g/mol. The first-order chi connectivity index (χ1) is 9.65. The van der Waals surface area contributed by atoms with Gasteiger partial charge in [-0.3, -0.25) is 0 Å². The number of nitrogens with zero attached hydrogens (tertiary/aromatic N) is 4. The average Bonchev–Trinajstić information content (AvgIpc) is 2.47. The van der Waals surface area contributed by atoms with Gasteiger partial charge in [-0.25, -0.2) is 4.98 Å². The van der Waals surface area contributed by atoms with Crippen LogP contribution in [0.15, 0.2) is 12.1 Å². The molecule has 110 valence electrons. The molecule has 1 heterocycles. The van der Waals surface area contributed by atoms with Gasteiger partial charge in [0, 0.05) is 18.8 Å². The predicted molar refractivity (Wildman–Crippen MR) is 84.0 cm³/mol. The van der Waals surface area contributed by atoms with Crippen LogP contribution in [0.25, 0.3) is 0 Å². The standard InChI is InChI=1S/C16H26N4/c1-5-19(6-2)11-8-12-20(7-3)16-15(13-17)10-9-14(4)18-16/h9-10H,5-8,11-12H2,1-4H3. The normalized spacial score (nSPS) is 10.6. The lowest BCUT2D eigenvalue weighted by Crippen LogP contribution is -2.31. The lowest BCUT2D eigenvalue weighted by atomic mass is 10.2. The Labute approximate surface area is 123 Å². The molecule has 0 saturated carbocycles. The molecule has 0 amide bonds. The molecule has 0 aliphatic carbocycles. The van der Waals surface area contributed by atoms with Crippen LogP contribution in [0.4, 0.5) is 5.82 Å². The van der Waals surface area contributed by atoms with Gasteiger partial charge in [0.1, 0.15) is 11.9 Å². The van der Waals surface area contributed by atoms with Crippen LogP contribution >= 0.6 is 0 Å². The molecule has 0 atom stereocenters. The summed E-state index contributed by atoms with van der Waals surface area (Å²) in [5.74, 6) is 0.828. The maximum absolute atomic E-state index is 9.22. The van der Waals surface area contributed by atoms with E-state index in [-0.39, 0.29) is 0 Å². The zero-order chi connectivity index (χ0) is 15.0. The average molecular weight is 274 g/mol. The summed E-state index contributed by atoms with van der Waals surface area (Å²) in [6.07, 6.45) is 1.09. The molecule has 0 unspecified atom stereocenters. The highest BCUT2D eigenvalue weighted by atomic mass is 15.2. The van der Waals surface area contributed by atoms with Gasteiger partial charge in [-0.05, 0) is 52.0 Å². The highest BCUT2D eigenvalue weighted by Gasteiger charge is 2.12. The molecule has 1 aromatic heterocycles. The summed E-state index contributed by atoms with van der Waals surface area (Å²) in [7, 11) is 0. The molecule has 0 saturated heterocycles. The summed E-state index contributed by atoms with van der Waals surface area (Å²) >= 11 is 0. The number of rotatable bonds is 8. The monoisotopic (exact) mass is 274 g/mol. The summed E-state index contributed by atoms with van der Waals surface area (Å²) in [6, 6.07) is 6.00. The van der Waals surface area contributed by atoms with E-state index in [1.54, 1.807) is 0 Å². The molecular formula is C16H26N4. The Bertz CT molecular complexity index is 446. The lowest BCUT2D eigenvalue weighted by molar-refractivity contribution is 0.300. The second kappa shape index (κ2) is 8.55. The van der Waals surface area contributed by atoms with Gasteiger partial charge in [0.2, 0.25) is 0 Å². The van der Waals surface area contributed by atoms with Crippen molar-refractivity contribution in [3.63, 3.8) is 0 Å². The molecule has 4 heteroatoms. The van der Waals surface area contributed by atoms with Crippen molar-refractivity contribution in [2.24, 2.45) is 0 Å². The smallest absolute Gasteiger partial charge is 0.146 e. The van der Waals surface area contributed by atoms with Gasteiger partial charge in [0.05, 0.1) is 5.56 Å². The van der Waals surface area contributed by atoms with Crippen molar-refractivity contribution in [2.75, 3.05) is 37.6 Å². The minimum Gasteiger partial charge on any atom is -0.356 e. The third-order valence-corrected chi connectivity index (χ3v) is 3.61. The van der Waals surface area contributed by atoms with E-state index < -0.39 is 0 Å².